The Bertz CT molecular complexity index is 224. The summed E-state index contributed by atoms with van der Waals surface area (Å²) >= 11 is 0. The van der Waals surface area contributed by atoms with Crippen LogP contribution in [0.1, 0.15) is 46.5 Å². The SMILES string of the molecule is C=C1CC2CCC1(CC)C2(C)C. The average molecular weight is 164 g/mol. The number of rotatable bonds is 1. The average Bonchev–Trinajstić information content (AvgIpc) is 2.36. The highest BCUT2D eigenvalue weighted by molar-refractivity contribution is 5.27. The maximum absolute atomic E-state index is 4.28. The quantitative estimate of drug-likeness (QED) is 0.517. The molecule has 0 nitrogen and oxygen atoms in total. The van der Waals surface area contributed by atoms with E-state index in [9.17, 15) is 0 Å². The molecule has 2 fully saturated rings. The zero-order valence-electron chi connectivity index (χ0n) is 8.61. The summed E-state index contributed by atoms with van der Waals surface area (Å²) in [6.07, 6.45) is 5.45. The Morgan fingerprint density at radius 1 is 1.50 bits per heavy atom. The van der Waals surface area contributed by atoms with Crippen LogP contribution in [0.4, 0.5) is 0 Å². The molecule has 68 valence electrons. The molecule has 0 aromatic carbocycles. The van der Waals surface area contributed by atoms with Gasteiger partial charge in [-0.1, -0.05) is 32.9 Å². The van der Waals surface area contributed by atoms with Gasteiger partial charge in [0.1, 0.15) is 0 Å². The summed E-state index contributed by atoms with van der Waals surface area (Å²) in [7, 11) is 0. The second-order valence-electron chi connectivity index (χ2n) is 5.20. The standard InChI is InChI=1S/C12H20/c1-5-12-7-6-10(8-9(12)2)11(12,3)4/h10H,2,5-8H2,1,3-4H3. The van der Waals surface area contributed by atoms with Gasteiger partial charge in [-0.25, -0.2) is 0 Å². The van der Waals surface area contributed by atoms with Gasteiger partial charge in [0.2, 0.25) is 0 Å². The smallest absolute Gasteiger partial charge is 0.00393 e. The van der Waals surface area contributed by atoms with Crippen molar-refractivity contribution in [2.45, 2.75) is 46.5 Å². The molecule has 2 atom stereocenters. The molecule has 2 aliphatic carbocycles. The highest BCUT2D eigenvalue weighted by Gasteiger charge is 2.59. The molecule has 0 radical (unpaired) electrons. The van der Waals surface area contributed by atoms with Crippen molar-refractivity contribution in [2.75, 3.05) is 0 Å². The summed E-state index contributed by atoms with van der Waals surface area (Å²) in [5.74, 6) is 0.935. The summed E-state index contributed by atoms with van der Waals surface area (Å²) < 4.78 is 0. The lowest BCUT2D eigenvalue weighted by Gasteiger charge is -2.38. The van der Waals surface area contributed by atoms with E-state index in [2.05, 4.69) is 27.4 Å². The fourth-order valence-electron chi connectivity index (χ4n) is 3.86. The third kappa shape index (κ3) is 0.654. The molecule has 0 spiro atoms. The Kier molecular flexibility index (Phi) is 1.50. The van der Waals surface area contributed by atoms with Gasteiger partial charge in [-0.15, -0.1) is 0 Å². The van der Waals surface area contributed by atoms with Gasteiger partial charge in [0.05, 0.1) is 0 Å². The predicted octanol–water partition coefficient (Wildman–Crippen LogP) is 3.78. The molecule has 2 rings (SSSR count). The van der Waals surface area contributed by atoms with Crippen LogP contribution in [0, 0.1) is 16.7 Å². The Morgan fingerprint density at radius 2 is 2.17 bits per heavy atom. The van der Waals surface area contributed by atoms with Gasteiger partial charge < -0.3 is 0 Å². The maximum atomic E-state index is 4.28. The minimum absolute atomic E-state index is 0.512. The molecule has 0 aliphatic heterocycles. The van der Waals surface area contributed by atoms with Crippen LogP contribution < -0.4 is 0 Å². The van der Waals surface area contributed by atoms with Crippen LogP contribution in [0.5, 0.6) is 0 Å². The first-order valence-corrected chi connectivity index (χ1v) is 5.23. The minimum atomic E-state index is 0.512. The van der Waals surface area contributed by atoms with Crippen LogP contribution in [-0.4, -0.2) is 0 Å². The van der Waals surface area contributed by atoms with Crippen molar-refractivity contribution in [3.05, 3.63) is 12.2 Å². The highest BCUT2D eigenvalue weighted by Crippen LogP contribution is 2.69. The van der Waals surface area contributed by atoms with E-state index in [0.717, 1.165) is 5.92 Å². The van der Waals surface area contributed by atoms with Gasteiger partial charge in [0.15, 0.2) is 0 Å². The summed E-state index contributed by atoms with van der Waals surface area (Å²) in [4.78, 5) is 0. The topological polar surface area (TPSA) is 0 Å². The van der Waals surface area contributed by atoms with Gasteiger partial charge in [-0.2, -0.15) is 0 Å². The summed E-state index contributed by atoms with van der Waals surface area (Å²) in [6.45, 7) is 11.5. The van der Waals surface area contributed by atoms with Crippen molar-refractivity contribution < 1.29 is 0 Å². The molecule has 2 unspecified atom stereocenters. The predicted molar refractivity (Wildman–Crippen MR) is 53.0 cm³/mol. The number of hydrogen-bond acceptors (Lipinski definition) is 0. The van der Waals surface area contributed by atoms with Crippen molar-refractivity contribution in [2.24, 2.45) is 16.7 Å². The second kappa shape index (κ2) is 2.16. The van der Waals surface area contributed by atoms with E-state index in [1.165, 1.54) is 25.7 Å². The molecule has 0 heterocycles. The fourth-order valence-corrected chi connectivity index (χ4v) is 3.86. The summed E-state index contributed by atoms with van der Waals surface area (Å²) in [5.41, 5.74) is 2.60. The van der Waals surface area contributed by atoms with Crippen molar-refractivity contribution >= 4 is 0 Å². The van der Waals surface area contributed by atoms with Crippen LogP contribution in [-0.2, 0) is 0 Å². The molecule has 0 aromatic heterocycles. The van der Waals surface area contributed by atoms with Crippen molar-refractivity contribution in [3.63, 3.8) is 0 Å². The van der Waals surface area contributed by atoms with E-state index in [1.54, 1.807) is 5.57 Å². The number of hydrogen-bond donors (Lipinski definition) is 0. The van der Waals surface area contributed by atoms with Crippen LogP contribution in [0.25, 0.3) is 0 Å². The van der Waals surface area contributed by atoms with E-state index in [4.69, 9.17) is 0 Å². The molecule has 2 aliphatic rings. The van der Waals surface area contributed by atoms with Gasteiger partial charge in [-0.3, -0.25) is 0 Å². The van der Waals surface area contributed by atoms with Gasteiger partial charge >= 0.3 is 0 Å². The summed E-state index contributed by atoms with van der Waals surface area (Å²) in [5, 5.41) is 0. The molecule has 2 saturated carbocycles. The van der Waals surface area contributed by atoms with Crippen molar-refractivity contribution in [1.82, 2.24) is 0 Å². The monoisotopic (exact) mass is 164 g/mol. The molecule has 0 heteroatoms. The lowest BCUT2D eigenvalue weighted by Crippen LogP contribution is -2.30. The third-order valence-corrected chi connectivity index (χ3v) is 4.95. The highest BCUT2D eigenvalue weighted by atomic mass is 14.6. The molecule has 2 bridgehead atoms. The van der Waals surface area contributed by atoms with Gasteiger partial charge in [0, 0.05) is 0 Å². The first-order valence-electron chi connectivity index (χ1n) is 5.23. The summed E-state index contributed by atoms with van der Waals surface area (Å²) in [6, 6.07) is 0. The normalized spacial score (nSPS) is 43.9. The van der Waals surface area contributed by atoms with Gasteiger partial charge in [0.25, 0.3) is 0 Å². The third-order valence-electron chi connectivity index (χ3n) is 4.95. The molecule has 12 heavy (non-hydrogen) atoms. The zero-order chi connectivity index (χ0) is 8.98. The van der Waals surface area contributed by atoms with Crippen LogP contribution in [0.2, 0.25) is 0 Å². The van der Waals surface area contributed by atoms with Crippen molar-refractivity contribution in [3.8, 4) is 0 Å². The van der Waals surface area contributed by atoms with E-state index >= 15 is 0 Å². The molecular weight excluding hydrogens is 144 g/mol. The lowest BCUT2D eigenvalue weighted by molar-refractivity contribution is 0.153. The van der Waals surface area contributed by atoms with E-state index in [-0.39, 0.29) is 0 Å². The Balaban J connectivity index is 2.46. The lowest BCUT2D eigenvalue weighted by atomic mass is 9.66. The Hall–Kier alpha value is -0.260. The van der Waals surface area contributed by atoms with Crippen LogP contribution >= 0.6 is 0 Å². The molecule has 0 amide bonds. The first kappa shape index (κ1) is 8.34. The molecular formula is C12H20. The second-order valence-corrected chi connectivity index (χ2v) is 5.20. The molecule has 0 N–H and O–H groups in total. The molecule has 0 aromatic rings. The number of allylic oxidation sites excluding steroid dienone is 1. The van der Waals surface area contributed by atoms with Crippen molar-refractivity contribution in [1.29, 1.82) is 0 Å². The maximum Gasteiger partial charge on any atom is -0.00393 e. The fraction of sp³-hybridized carbons (Fsp3) is 0.833. The van der Waals surface area contributed by atoms with E-state index in [0.29, 0.717) is 10.8 Å². The van der Waals surface area contributed by atoms with E-state index in [1.807, 2.05) is 0 Å². The van der Waals surface area contributed by atoms with Crippen LogP contribution in [0.15, 0.2) is 12.2 Å². The van der Waals surface area contributed by atoms with Gasteiger partial charge in [-0.05, 0) is 42.4 Å². The number of fused-ring (bicyclic) bond motifs is 2. The largest absolute Gasteiger partial charge is 0.0993 e. The van der Waals surface area contributed by atoms with Crippen LogP contribution in [0.3, 0.4) is 0 Å². The molecule has 0 saturated heterocycles. The van der Waals surface area contributed by atoms with E-state index < -0.39 is 0 Å². The Morgan fingerprint density at radius 3 is 2.42 bits per heavy atom. The zero-order valence-corrected chi connectivity index (χ0v) is 8.61. The minimum Gasteiger partial charge on any atom is -0.0993 e. The first-order chi connectivity index (χ1) is 5.54. The Labute approximate surface area is 76.1 Å².